The fraction of sp³-hybridized carbons (Fsp3) is 0.350. The molecule has 2 aromatic carbocycles. The first-order valence-corrected chi connectivity index (χ1v) is 7.89. The number of hydrogen-bond acceptors (Lipinski definition) is 2. The number of carbonyl (C=O) groups excluding carboxylic acids is 1. The van der Waals surface area contributed by atoms with Crippen molar-refractivity contribution in [1.29, 1.82) is 0 Å². The SMILES string of the molecule is CCOC(=O)[C@@H]1CC1(c1ccc(C)cc1)c1ccc(C)cc1. The maximum atomic E-state index is 12.3. The quantitative estimate of drug-likeness (QED) is 0.791. The van der Waals surface area contributed by atoms with E-state index >= 15 is 0 Å². The van der Waals surface area contributed by atoms with Crippen molar-refractivity contribution < 1.29 is 9.53 Å². The molecule has 0 aromatic heterocycles. The molecule has 1 aliphatic rings. The third-order valence-electron chi connectivity index (χ3n) is 4.67. The van der Waals surface area contributed by atoms with Crippen LogP contribution < -0.4 is 0 Å². The predicted molar refractivity (Wildman–Crippen MR) is 87.9 cm³/mol. The van der Waals surface area contributed by atoms with Crippen LogP contribution in [0, 0.1) is 19.8 Å². The summed E-state index contributed by atoms with van der Waals surface area (Å²) in [5, 5.41) is 0. The van der Waals surface area contributed by atoms with Crippen LogP contribution in [0.2, 0.25) is 0 Å². The average molecular weight is 294 g/mol. The fourth-order valence-electron chi connectivity index (χ4n) is 3.30. The van der Waals surface area contributed by atoms with Crippen molar-refractivity contribution in [3.63, 3.8) is 0 Å². The van der Waals surface area contributed by atoms with Crippen LogP contribution in [0.4, 0.5) is 0 Å². The van der Waals surface area contributed by atoms with Gasteiger partial charge in [-0.05, 0) is 38.3 Å². The Hall–Kier alpha value is -2.09. The molecule has 0 spiro atoms. The largest absolute Gasteiger partial charge is 0.466 e. The normalized spacial score (nSPS) is 18.8. The van der Waals surface area contributed by atoms with Gasteiger partial charge in [-0.15, -0.1) is 0 Å². The lowest BCUT2D eigenvalue weighted by Crippen LogP contribution is -2.19. The van der Waals surface area contributed by atoms with Gasteiger partial charge in [0.05, 0.1) is 12.5 Å². The highest BCUT2D eigenvalue weighted by Gasteiger charge is 2.61. The van der Waals surface area contributed by atoms with Gasteiger partial charge in [-0.1, -0.05) is 59.7 Å². The molecule has 0 bridgehead atoms. The summed E-state index contributed by atoms with van der Waals surface area (Å²) in [6.07, 6.45) is 0.831. The molecule has 0 saturated heterocycles. The van der Waals surface area contributed by atoms with Gasteiger partial charge in [-0.25, -0.2) is 0 Å². The van der Waals surface area contributed by atoms with Crippen LogP contribution >= 0.6 is 0 Å². The molecular formula is C20H22O2. The average Bonchev–Trinajstić information content (AvgIpc) is 3.26. The number of ether oxygens (including phenoxy) is 1. The minimum atomic E-state index is -0.215. The number of rotatable bonds is 4. The van der Waals surface area contributed by atoms with E-state index in [1.807, 2.05) is 6.92 Å². The molecule has 114 valence electrons. The van der Waals surface area contributed by atoms with Crippen molar-refractivity contribution in [3.8, 4) is 0 Å². The standard InChI is InChI=1S/C20H22O2/c1-4-22-19(21)18-13-20(18,16-9-5-14(2)6-10-16)17-11-7-15(3)8-12-17/h5-12,18H,4,13H2,1-3H3/t18-/m0/s1. The second-order valence-corrected chi connectivity index (χ2v) is 6.21. The van der Waals surface area contributed by atoms with Gasteiger partial charge < -0.3 is 4.74 Å². The zero-order chi connectivity index (χ0) is 15.7. The Labute approximate surface area is 132 Å². The van der Waals surface area contributed by atoms with Crippen LogP contribution in [0.3, 0.4) is 0 Å². The fourth-order valence-corrected chi connectivity index (χ4v) is 3.30. The molecule has 3 rings (SSSR count). The lowest BCUT2D eigenvalue weighted by atomic mass is 9.85. The predicted octanol–water partition coefficient (Wildman–Crippen LogP) is 4.17. The van der Waals surface area contributed by atoms with E-state index in [9.17, 15) is 4.79 Å². The summed E-state index contributed by atoms with van der Waals surface area (Å²) in [6, 6.07) is 17.1. The molecule has 1 atom stereocenters. The van der Waals surface area contributed by atoms with Gasteiger partial charge >= 0.3 is 5.97 Å². The Balaban J connectivity index is 2.02. The molecule has 2 nitrogen and oxygen atoms in total. The van der Waals surface area contributed by atoms with Gasteiger partial charge in [-0.2, -0.15) is 0 Å². The van der Waals surface area contributed by atoms with Crippen molar-refractivity contribution in [1.82, 2.24) is 0 Å². The first-order chi connectivity index (χ1) is 10.6. The molecule has 0 unspecified atom stereocenters. The maximum absolute atomic E-state index is 12.3. The van der Waals surface area contributed by atoms with E-state index in [0.29, 0.717) is 6.61 Å². The number of aryl methyl sites for hydroxylation is 2. The maximum Gasteiger partial charge on any atom is 0.310 e. The second-order valence-electron chi connectivity index (χ2n) is 6.21. The zero-order valence-electron chi connectivity index (χ0n) is 13.4. The number of benzene rings is 2. The van der Waals surface area contributed by atoms with Crippen LogP contribution in [0.15, 0.2) is 48.5 Å². The van der Waals surface area contributed by atoms with E-state index in [0.717, 1.165) is 6.42 Å². The third kappa shape index (κ3) is 2.43. The van der Waals surface area contributed by atoms with Gasteiger partial charge in [0.25, 0.3) is 0 Å². The molecular weight excluding hydrogens is 272 g/mol. The summed E-state index contributed by atoms with van der Waals surface area (Å²) in [7, 11) is 0. The van der Waals surface area contributed by atoms with Crippen LogP contribution in [-0.4, -0.2) is 12.6 Å². The summed E-state index contributed by atoms with van der Waals surface area (Å²) < 4.78 is 5.27. The topological polar surface area (TPSA) is 26.3 Å². The van der Waals surface area contributed by atoms with Crippen molar-refractivity contribution in [3.05, 3.63) is 70.8 Å². The Bertz CT molecular complexity index is 622. The molecule has 0 heterocycles. The molecule has 1 fully saturated rings. The Morgan fingerprint density at radius 3 is 1.86 bits per heavy atom. The molecule has 22 heavy (non-hydrogen) atoms. The first kappa shape index (κ1) is 14.8. The third-order valence-corrected chi connectivity index (χ3v) is 4.67. The Kier molecular flexibility index (Phi) is 3.78. The van der Waals surface area contributed by atoms with E-state index in [1.54, 1.807) is 0 Å². The molecule has 2 heteroatoms. The highest BCUT2D eigenvalue weighted by atomic mass is 16.5. The lowest BCUT2D eigenvalue weighted by molar-refractivity contribution is -0.145. The minimum absolute atomic E-state index is 0.0714. The molecule has 1 aliphatic carbocycles. The van der Waals surface area contributed by atoms with Gasteiger partial charge in [0.15, 0.2) is 0 Å². The highest BCUT2D eigenvalue weighted by molar-refractivity contribution is 5.81. The number of hydrogen-bond donors (Lipinski definition) is 0. The van der Waals surface area contributed by atoms with Gasteiger partial charge in [0, 0.05) is 5.41 Å². The van der Waals surface area contributed by atoms with Crippen molar-refractivity contribution in [2.75, 3.05) is 6.61 Å². The lowest BCUT2D eigenvalue weighted by Gasteiger charge is -2.19. The molecule has 1 saturated carbocycles. The minimum Gasteiger partial charge on any atom is -0.466 e. The molecule has 0 radical (unpaired) electrons. The van der Waals surface area contributed by atoms with Crippen LogP contribution in [-0.2, 0) is 14.9 Å². The number of esters is 1. The summed E-state index contributed by atoms with van der Waals surface area (Å²) in [5.41, 5.74) is 4.67. The monoisotopic (exact) mass is 294 g/mol. The van der Waals surface area contributed by atoms with E-state index < -0.39 is 0 Å². The highest BCUT2D eigenvalue weighted by Crippen LogP contribution is 2.59. The van der Waals surface area contributed by atoms with Gasteiger partial charge in [0.2, 0.25) is 0 Å². The molecule has 2 aromatic rings. The molecule has 0 N–H and O–H groups in total. The van der Waals surface area contributed by atoms with E-state index in [1.165, 1.54) is 22.3 Å². The van der Waals surface area contributed by atoms with Gasteiger partial charge in [-0.3, -0.25) is 4.79 Å². The summed E-state index contributed by atoms with van der Waals surface area (Å²) in [4.78, 5) is 12.3. The second kappa shape index (κ2) is 5.60. The molecule has 0 aliphatic heterocycles. The summed E-state index contributed by atoms with van der Waals surface area (Å²) >= 11 is 0. The van der Waals surface area contributed by atoms with Crippen LogP contribution in [0.5, 0.6) is 0 Å². The zero-order valence-corrected chi connectivity index (χ0v) is 13.4. The molecule has 0 amide bonds. The van der Waals surface area contributed by atoms with E-state index in [2.05, 4.69) is 62.4 Å². The number of carbonyl (C=O) groups is 1. The summed E-state index contributed by atoms with van der Waals surface area (Å²) in [5.74, 6) is -0.151. The van der Waals surface area contributed by atoms with Crippen molar-refractivity contribution in [2.24, 2.45) is 5.92 Å². The van der Waals surface area contributed by atoms with E-state index in [-0.39, 0.29) is 17.3 Å². The first-order valence-electron chi connectivity index (χ1n) is 7.89. The smallest absolute Gasteiger partial charge is 0.310 e. The van der Waals surface area contributed by atoms with Crippen molar-refractivity contribution >= 4 is 5.97 Å². The summed E-state index contributed by atoms with van der Waals surface area (Å²) in [6.45, 7) is 6.46. The van der Waals surface area contributed by atoms with Gasteiger partial charge in [0.1, 0.15) is 0 Å². The Morgan fingerprint density at radius 2 is 1.45 bits per heavy atom. The van der Waals surface area contributed by atoms with E-state index in [4.69, 9.17) is 4.74 Å². The Morgan fingerprint density at radius 1 is 1.00 bits per heavy atom. The van der Waals surface area contributed by atoms with Crippen molar-refractivity contribution in [2.45, 2.75) is 32.6 Å². The van der Waals surface area contributed by atoms with Crippen LogP contribution in [0.1, 0.15) is 35.6 Å². The van der Waals surface area contributed by atoms with Crippen LogP contribution in [0.25, 0.3) is 0 Å².